The lowest BCUT2D eigenvalue weighted by Gasteiger charge is -2.30. The number of hydrogen-bond acceptors (Lipinski definition) is 1. The van der Waals surface area contributed by atoms with E-state index in [9.17, 15) is 0 Å². The third-order valence-corrected chi connectivity index (χ3v) is 6.43. The van der Waals surface area contributed by atoms with E-state index in [4.69, 9.17) is 11.6 Å². The first-order chi connectivity index (χ1) is 7.02. The van der Waals surface area contributed by atoms with Crippen LogP contribution in [0.1, 0.15) is 42.8 Å². The Morgan fingerprint density at radius 3 is 2.80 bits per heavy atom. The molecule has 1 aromatic heterocycles. The fourth-order valence-corrected chi connectivity index (χ4v) is 5.48. The molecule has 15 heavy (non-hydrogen) atoms. The summed E-state index contributed by atoms with van der Waals surface area (Å²) in [5, 5.41) is 3.00. The van der Waals surface area contributed by atoms with Crippen molar-refractivity contribution in [1.29, 1.82) is 0 Å². The molecule has 1 aromatic rings. The van der Waals surface area contributed by atoms with E-state index in [0.29, 0.717) is 16.2 Å². The molecule has 2 unspecified atom stereocenters. The van der Waals surface area contributed by atoms with Crippen LogP contribution in [0, 0.1) is 11.3 Å². The topological polar surface area (TPSA) is 0 Å². The van der Waals surface area contributed by atoms with Crippen molar-refractivity contribution in [2.45, 2.75) is 37.9 Å². The highest BCUT2D eigenvalue weighted by Gasteiger charge is 2.39. The van der Waals surface area contributed by atoms with Crippen LogP contribution in [0.15, 0.2) is 11.4 Å². The first-order valence-electron chi connectivity index (χ1n) is 5.39. The van der Waals surface area contributed by atoms with E-state index in [1.165, 1.54) is 24.1 Å². The van der Waals surface area contributed by atoms with Crippen molar-refractivity contribution in [3.8, 4) is 0 Å². The molecule has 3 heteroatoms. The third kappa shape index (κ3) is 2.27. The van der Waals surface area contributed by atoms with Gasteiger partial charge in [0.2, 0.25) is 0 Å². The Morgan fingerprint density at radius 2 is 2.33 bits per heavy atom. The van der Waals surface area contributed by atoms with Gasteiger partial charge in [0.05, 0.1) is 9.85 Å². The standard InChI is InChI=1S/C12H16BrClS/c1-12(2)6-3-4-8(12)10(13)11-9(14)5-7-15-11/h5,7-8,10H,3-4,6H2,1-2H3. The van der Waals surface area contributed by atoms with Crippen molar-refractivity contribution < 1.29 is 0 Å². The maximum Gasteiger partial charge on any atom is 0.0556 e. The average Bonchev–Trinajstić information content (AvgIpc) is 2.70. The molecule has 0 amide bonds. The highest BCUT2D eigenvalue weighted by Crippen LogP contribution is 2.53. The molecule has 0 aliphatic heterocycles. The van der Waals surface area contributed by atoms with Gasteiger partial charge in [-0.2, -0.15) is 0 Å². The lowest BCUT2D eigenvalue weighted by Crippen LogP contribution is -2.20. The summed E-state index contributed by atoms with van der Waals surface area (Å²) in [6.07, 6.45) is 4.00. The fraction of sp³-hybridized carbons (Fsp3) is 0.667. The lowest BCUT2D eigenvalue weighted by molar-refractivity contribution is 0.258. The van der Waals surface area contributed by atoms with Crippen LogP contribution in [0.5, 0.6) is 0 Å². The monoisotopic (exact) mass is 306 g/mol. The Balaban J connectivity index is 2.21. The molecule has 1 saturated carbocycles. The van der Waals surface area contributed by atoms with E-state index in [2.05, 4.69) is 35.2 Å². The molecular weight excluding hydrogens is 292 g/mol. The molecule has 1 fully saturated rings. The molecule has 1 aliphatic rings. The Morgan fingerprint density at radius 1 is 1.60 bits per heavy atom. The normalized spacial score (nSPS) is 26.8. The maximum atomic E-state index is 6.19. The van der Waals surface area contributed by atoms with Gasteiger partial charge in [0, 0.05) is 4.88 Å². The number of halogens is 2. The molecule has 1 aliphatic carbocycles. The maximum absolute atomic E-state index is 6.19. The Kier molecular flexibility index (Phi) is 3.49. The van der Waals surface area contributed by atoms with Gasteiger partial charge in [0.25, 0.3) is 0 Å². The Hall–Kier alpha value is 0.470. The molecule has 0 spiro atoms. The number of thiophene rings is 1. The van der Waals surface area contributed by atoms with Crippen molar-refractivity contribution in [2.75, 3.05) is 0 Å². The number of hydrogen-bond donors (Lipinski definition) is 0. The molecule has 0 radical (unpaired) electrons. The molecule has 1 heterocycles. The molecule has 2 rings (SSSR count). The van der Waals surface area contributed by atoms with Gasteiger partial charge in [-0.3, -0.25) is 0 Å². The second kappa shape index (κ2) is 4.38. The first-order valence-corrected chi connectivity index (χ1v) is 7.56. The minimum absolute atomic E-state index is 0.433. The Labute approximate surface area is 109 Å². The van der Waals surface area contributed by atoms with Gasteiger partial charge < -0.3 is 0 Å². The smallest absolute Gasteiger partial charge is 0.0556 e. The van der Waals surface area contributed by atoms with Crippen LogP contribution in [0.3, 0.4) is 0 Å². The molecule has 0 saturated heterocycles. The van der Waals surface area contributed by atoms with Crippen molar-refractivity contribution in [2.24, 2.45) is 11.3 Å². The summed E-state index contributed by atoms with van der Waals surface area (Å²) in [5.74, 6) is 0.716. The van der Waals surface area contributed by atoms with E-state index < -0.39 is 0 Å². The quantitative estimate of drug-likeness (QED) is 0.618. The Bertz CT molecular complexity index is 345. The molecule has 0 N–H and O–H groups in total. The summed E-state index contributed by atoms with van der Waals surface area (Å²) in [5.41, 5.74) is 0.446. The summed E-state index contributed by atoms with van der Waals surface area (Å²) in [7, 11) is 0. The summed E-state index contributed by atoms with van der Waals surface area (Å²) in [6, 6.07) is 2.00. The van der Waals surface area contributed by atoms with Crippen molar-refractivity contribution in [1.82, 2.24) is 0 Å². The van der Waals surface area contributed by atoms with E-state index in [0.717, 1.165) is 5.02 Å². The number of rotatable bonds is 2. The van der Waals surface area contributed by atoms with Gasteiger partial charge in [0.15, 0.2) is 0 Å². The fourth-order valence-electron chi connectivity index (χ4n) is 2.58. The zero-order chi connectivity index (χ0) is 11.1. The highest BCUT2D eigenvalue weighted by atomic mass is 79.9. The second-order valence-corrected chi connectivity index (χ2v) is 7.36. The minimum Gasteiger partial charge on any atom is -0.146 e. The van der Waals surface area contributed by atoms with Gasteiger partial charge in [-0.25, -0.2) is 0 Å². The van der Waals surface area contributed by atoms with Crippen LogP contribution >= 0.6 is 38.9 Å². The summed E-state index contributed by atoms with van der Waals surface area (Å²) in [6.45, 7) is 4.75. The van der Waals surface area contributed by atoms with Crippen LogP contribution in [-0.4, -0.2) is 0 Å². The van der Waals surface area contributed by atoms with Crippen molar-refractivity contribution in [3.63, 3.8) is 0 Å². The van der Waals surface area contributed by atoms with Crippen LogP contribution in [0.4, 0.5) is 0 Å². The van der Waals surface area contributed by atoms with Gasteiger partial charge >= 0.3 is 0 Å². The SMILES string of the molecule is CC1(C)CCCC1C(Br)c1sccc1Cl. The van der Waals surface area contributed by atoms with Crippen molar-refractivity contribution in [3.05, 3.63) is 21.3 Å². The molecule has 84 valence electrons. The van der Waals surface area contributed by atoms with Gasteiger partial charge in [-0.05, 0) is 35.6 Å². The summed E-state index contributed by atoms with van der Waals surface area (Å²) in [4.78, 5) is 1.74. The van der Waals surface area contributed by atoms with Gasteiger partial charge in [-0.15, -0.1) is 11.3 Å². The zero-order valence-corrected chi connectivity index (χ0v) is 12.3. The lowest BCUT2D eigenvalue weighted by atomic mass is 9.80. The van der Waals surface area contributed by atoms with E-state index in [-0.39, 0.29) is 0 Å². The predicted octanol–water partition coefficient (Wildman–Crippen LogP) is 5.66. The highest BCUT2D eigenvalue weighted by molar-refractivity contribution is 9.09. The molecule has 0 nitrogen and oxygen atoms in total. The average molecular weight is 308 g/mol. The van der Waals surface area contributed by atoms with Gasteiger partial charge in [0.1, 0.15) is 0 Å². The summed E-state index contributed by atoms with van der Waals surface area (Å²) >= 11 is 11.8. The van der Waals surface area contributed by atoms with Crippen LogP contribution in [-0.2, 0) is 0 Å². The molecule has 0 bridgehead atoms. The molecule has 0 aromatic carbocycles. The van der Waals surface area contributed by atoms with Crippen LogP contribution in [0.2, 0.25) is 5.02 Å². The van der Waals surface area contributed by atoms with E-state index >= 15 is 0 Å². The first kappa shape index (κ1) is 11.9. The third-order valence-electron chi connectivity index (χ3n) is 3.59. The molecular formula is C12H16BrClS. The van der Waals surface area contributed by atoms with Crippen LogP contribution in [0.25, 0.3) is 0 Å². The van der Waals surface area contributed by atoms with E-state index in [1.807, 2.05) is 6.07 Å². The van der Waals surface area contributed by atoms with Crippen molar-refractivity contribution >= 4 is 38.9 Å². The number of alkyl halides is 1. The zero-order valence-electron chi connectivity index (χ0n) is 9.09. The van der Waals surface area contributed by atoms with Gasteiger partial charge in [-0.1, -0.05) is 47.8 Å². The second-order valence-electron chi connectivity index (χ2n) is 5.02. The van der Waals surface area contributed by atoms with E-state index in [1.54, 1.807) is 11.3 Å². The summed E-state index contributed by atoms with van der Waals surface area (Å²) < 4.78 is 0. The largest absolute Gasteiger partial charge is 0.146 e. The molecule has 2 atom stereocenters. The predicted molar refractivity (Wildman–Crippen MR) is 72.1 cm³/mol. The van der Waals surface area contributed by atoms with Crippen LogP contribution < -0.4 is 0 Å². The minimum atomic E-state index is 0.433.